The molecule has 0 saturated carbocycles. The number of hydrazone groups is 1. The van der Waals surface area contributed by atoms with Crippen LogP contribution in [0.4, 0.5) is 0 Å². The zero-order valence-electron chi connectivity index (χ0n) is 16.4. The molecule has 0 fully saturated rings. The van der Waals surface area contributed by atoms with Gasteiger partial charge in [0.25, 0.3) is 5.91 Å². The van der Waals surface area contributed by atoms with E-state index in [2.05, 4.69) is 15.5 Å². The lowest BCUT2D eigenvalue weighted by Gasteiger charge is -2.03. The lowest BCUT2D eigenvalue weighted by molar-refractivity contribution is -0.118. The number of aromatic nitrogens is 1. The van der Waals surface area contributed by atoms with Crippen molar-refractivity contribution in [3.8, 4) is 11.3 Å². The number of hydrogen-bond donors (Lipinski definition) is 2. The predicted molar refractivity (Wildman–Crippen MR) is 122 cm³/mol. The van der Waals surface area contributed by atoms with Crippen LogP contribution in [0.2, 0.25) is 0 Å². The van der Waals surface area contributed by atoms with E-state index in [1.54, 1.807) is 35.6 Å². The summed E-state index contributed by atoms with van der Waals surface area (Å²) in [5.41, 5.74) is 5.21. The quantitative estimate of drug-likeness (QED) is 0.237. The van der Waals surface area contributed by atoms with Crippen LogP contribution in [0.3, 0.4) is 0 Å². The Morgan fingerprint density at radius 1 is 1.23 bits per heavy atom. The van der Waals surface area contributed by atoms with E-state index in [0.717, 1.165) is 25.7 Å². The fourth-order valence-corrected chi connectivity index (χ4v) is 4.74. The molecule has 2 aromatic heterocycles. The first kappa shape index (κ1) is 20.8. The number of aryl methyl sites for hydroxylation is 1. The van der Waals surface area contributed by atoms with Gasteiger partial charge in [-0.15, -0.1) is 11.3 Å². The third-order valence-corrected chi connectivity index (χ3v) is 6.53. The molecule has 9 heteroatoms. The van der Waals surface area contributed by atoms with Crippen molar-refractivity contribution < 1.29 is 19.1 Å². The van der Waals surface area contributed by atoms with Gasteiger partial charge in [0.1, 0.15) is 11.5 Å². The third kappa shape index (κ3) is 5.01. The molecule has 7 nitrogen and oxygen atoms in total. The molecular formula is C22H17N3O4S2. The van der Waals surface area contributed by atoms with Gasteiger partial charge < -0.3 is 9.52 Å². The van der Waals surface area contributed by atoms with Gasteiger partial charge in [-0.2, -0.15) is 5.10 Å². The minimum absolute atomic E-state index is 0.204. The molecule has 2 N–H and O–H groups in total. The molecular weight excluding hydrogens is 434 g/mol. The summed E-state index contributed by atoms with van der Waals surface area (Å²) < 4.78 is 7.66. The molecule has 4 aromatic rings. The Morgan fingerprint density at radius 3 is 2.84 bits per heavy atom. The highest BCUT2D eigenvalue weighted by Crippen LogP contribution is 2.29. The minimum Gasteiger partial charge on any atom is -0.478 e. The van der Waals surface area contributed by atoms with Gasteiger partial charge in [-0.3, -0.25) is 4.79 Å². The first-order valence-electron chi connectivity index (χ1n) is 9.24. The summed E-state index contributed by atoms with van der Waals surface area (Å²) in [5, 5.41) is 13.0. The number of nitrogens with zero attached hydrogens (tertiary/aromatic N) is 2. The largest absolute Gasteiger partial charge is 0.478 e. The first-order chi connectivity index (χ1) is 15.0. The van der Waals surface area contributed by atoms with Crippen LogP contribution in [0, 0.1) is 6.92 Å². The summed E-state index contributed by atoms with van der Waals surface area (Å²) in [6.45, 7) is 1.82. The van der Waals surface area contributed by atoms with Crippen molar-refractivity contribution >= 4 is 51.4 Å². The summed E-state index contributed by atoms with van der Waals surface area (Å²) in [6, 6.07) is 16.2. The summed E-state index contributed by atoms with van der Waals surface area (Å²) in [4.78, 5) is 27.6. The van der Waals surface area contributed by atoms with Gasteiger partial charge in [0.2, 0.25) is 0 Å². The van der Waals surface area contributed by atoms with E-state index in [1.807, 2.05) is 31.2 Å². The summed E-state index contributed by atoms with van der Waals surface area (Å²) in [7, 11) is 0. The predicted octanol–water partition coefficient (Wildman–Crippen LogP) is 4.81. The number of thioether (sulfide) groups is 1. The number of fused-ring (bicyclic) bond motifs is 1. The van der Waals surface area contributed by atoms with E-state index < -0.39 is 5.97 Å². The molecule has 4 rings (SSSR count). The van der Waals surface area contributed by atoms with Crippen LogP contribution in [0.15, 0.2) is 68.5 Å². The molecule has 31 heavy (non-hydrogen) atoms. The average Bonchev–Trinajstić information content (AvgIpc) is 3.38. The fourth-order valence-electron chi connectivity index (χ4n) is 2.88. The van der Waals surface area contributed by atoms with Crippen molar-refractivity contribution in [2.24, 2.45) is 5.10 Å². The Labute approximate surface area is 185 Å². The molecule has 0 bridgehead atoms. The molecule has 0 aliphatic heterocycles. The Hall–Kier alpha value is -3.43. The maximum absolute atomic E-state index is 12.0. The second-order valence-corrected chi connectivity index (χ2v) is 8.82. The number of para-hydroxylation sites is 1. The molecule has 156 valence electrons. The van der Waals surface area contributed by atoms with Gasteiger partial charge in [-0.1, -0.05) is 30.0 Å². The van der Waals surface area contributed by atoms with E-state index >= 15 is 0 Å². The summed E-state index contributed by atoms with van der Waals surface area (Å²) >= 11 is 2.91. The number of carboxylic acid groups (broad SMARTS) is 1. The maximum Gasteiger partial charge on any atom is 0.335 e. The number of furan rings is 1. The maximum atomic E-state index is 12.0. The Kier molecular flexibility index (Phi) is 6.15. The molecule has 1 amide bonds. The van der Waals surface area contributed by atoms with E-state index in [9.17, 15) is 9.59 Å². The van der Waals surface area contributed by atoms with E-state index in [4.69, 9.17) is 9.52 Å². The SMILES string of the molecule is Cc1cc(C(=O)O)ccc1-c1ccc(/C=N/NC(=O)CSc2nc3ccccc3s2)o1. The average molecular weight is 452 g/mol. The number of carboxylic acids is 1. The van der Waals surface area contributed by atoms with Crippen molar-refractivity contribution in [3.63, 3.8) is 0 Å². The second kappa shape index (κ2) is 9.15. The number of carbonyl (C=O) groups is 2. The second-order valence-electron chi connectivity index (χ2n) is 6.57. The number of aromatic carboxylic acids is 1. The number of amides is 1. The number of hydrogen-bond acceptors (Lipinski definition) is 7. The molecule has 0 saturated heterocycles. The van der Waals surface area contributed by atoms with Crippen molar-refractivity contribution in [3.05, 3.63) is 71.5 Å². The van der Waals surface area contributed by atoms with Gasteiger partial charge in [0, 0.05) is 5.56 Å². The summed E-state index contributed by atoms with van der Waals surface area (Å²) in [6.07, 6.45) is 1.42. The van der Waals surface area contributed by atoms with Crippen LogP contribution in [-0.4, -0.2) is 33.9 Å². The standard InChI is InChI=1S/C22H17N3O4S2/c1-13-10-14(21(27)28)6-8-16(13)18-9-7-15(29-18)11-23-25-20(26)12-30-22-24-17-4-2-3-5-19(17)31-22/h2-11H,12H2,1H3,(H,25,26)(H,27,28)/b23-11+. The highest BCUT2D eigenvalue weighted by Gasteiger charge is 2.11. The third-order valence-electron chi connectivity index (χ3n) is 4.35. The topological polar surface area (TPSA) is 105 Å². The smallest absolute Gasteiger partial charge is 0.335 e. The molecule has 0 radical (unpaired) electrons. The van der Waals surface area contributed by atoms with Crippen LogP contribution in [0.25, 0.3) is 21.5 Å². The number of nitrogens with one attached hydrogen (secondary N) is 1. The van der Waals surface area contributed by atoms with Crippen LogP contribution in [-0.2, 0) is 4.79 Å². The minimum atomic E-state index is -0.973. The highest BCUT2D eigenvalue weighted by molar-refractivity contribution is 8.01. The Morgan fingerprint density at radius 2 is 2.06 bits per heavy atom. The Bertz CT molecular complexity index is 1260. The van der Waals surface area contributed by atoms with Gasteiger partial charge in [-0.05, 0) is 48.9 Å². The number of thiazole rings is 1. The lowest BCUT2D eigenvalue weighted by atomic mass is 10.0. The van der Waals surface area contributed by atoms with Gasteiger partial charge in [0.05, 0.1) is 27.7 Å². The molecule has 0 aliphatic rings. The molecule has 0 unspecified atom stereocenters. The van der Waals surface area contributed by atoms with Crippen molar-refractivity contribution in [1.82, 2.24) is 10.4 Å². The lowest BCUT2D eigenvalue weighted by Crippen LogP contribution is -2.19. The van der Waals surface area contributed by atoms with Crippen molar-refractivity contribution in [1.29, 1.82) is 0 Å². The molecule has 2 aromatic carbocycles. The zero-order chi connectivity index (χ0) is 21.8. The van der Waals surface area contributed by atoms with Crippen LogP contribution in [0.1, 0.15) is 21.7 Å². The van der Waals surface area contributed by atoms with Crippen LogP contribution < -0.4 is 5.43 Å². The van der Waals surface area contributed by atoms with Gasteiger partial charge in [0.15, 0.2) is 4.34 Å². The zero-order valence-corrected chi connectivity index (χ0v) is 18.0. The van der Waals surface area contributed by atoms with E-state index in [0.29, 0.717) is 11.5 Å². The van der Waals surface area contributed by atoms with E-state index in [-0.39, 0.29) is 17.2 Å². The van der Waals surface area contributed by atoms with Crippen molar-refractivity contribution in [2.45, 2.75) is 11.3 Å². The van der Waals surface area contributed by atoms with Gasteiger partial charge >= 0.3 is 5.97 Å². The monoisotopic (exact) mass is 451 g/mol. The number of carbonyl (C=O) groups excluding carboxylic acids is 1. The normalized spacial score (nSPS) is 11.3. The Balaban J connectivity index is 1.32. The van der Waals surface area contributed by atoms with Gasteiger partial charge in [-0.25, -0.2) is 15.2 Å². The van der Waals surface area contributed by atoms with Crippen LogP contribution >= 0.6 is 23.1 Å². The number of rotatable bonds is 7. The molecule has 0 aliphatic carbocycles. The fraction of sp³-hybridized carbons (Fsp3) is 0.0909. The molecule has 0 spiro atoms. The number of benzene rings is 2. The van der Waals surface area contributed by atoms with Crippen molar-refractivity contribution in [2.75, 3.05) is 5.75 Å². The van der Waals surface area contributed by atoms with E-state index in [1.165, 1.54) is 24.0 Å². The van der Waals surface area contributed by atoms with Crippen LogP contribution in [0.5, 0.6) is 0 Å². The highest BCUT2D eigenvalue weighted by atomic mass is 32.2. The summed E-state index contributed by atoms with van der Waals surface area (Å²) in [5.74, 6) is 0.0474. The molecule has 0 atom stereocenters. The first-order valence-corrected chi connectivity index (χ1v) is 11.0. The molecule has 2 heterocycles.